The molecule has 0 radical (unpaired) electrons. The van der Waals surface area contributed by atoms with Crippen LogP contribution in [0, 0.1) is 11.2 Å². The first kappa shape index (κ1) is 13.5. The smallest absolute Gasteiger partial charge is 0.319 e. The van der Waals surface area contributed by atoms with Crippen LogP contribution in [-0.4, -0.2) is 23.5 Å². The second-order valence-corrected chi connectivity index (χ2v) is 4.74. The molecule has 1 aliphatic carbocycles. The summed E-state index contributed by atoms with van der Waals surface area (Å²) in [6.07, 6.45) is 1.37. The zero-order chi connectivity index (χ0) is 14.0. The number of para-hydroxylation sites is 1. The molecule has 1 N–H and O–H groups in total. The molecule has 1 saturated carbocycles. The van der Waals surface area contributed by atoms with Gasteiger partial charge in [-0.25, -0.2) is 4.39 Å². The van der Waals surface area contributed by atoms with E-state index >= 15 is 0 Å². The van der Waals surface area contributed by atoms with Gasteiger partial charge in [0.1, 0.15) is 11.2 Å². The lowest BCUT2D eigenvalue weighted by molar-refractivity contribution is -0.160. The van der Waals surface area contributed by atoms with E-state index < -0.39 is 23.1 Å². The molecule has 0 heterocycles. The van der Waals surface area contributed by atoms with E-state index in [9.17, 15) is 19.1 Å². The summed E-state index contributed by atoms with van der Waals surface area (Å²) < 4.78 is 13.8. The average molecular weight is 265 g/mol. The number of carbonyl (C=O) groups excluding carboxylic acids is 1. The molecule has 0 unspecified atom stereocenters. The zero-order valence-corrected chi connectivity index (χ0v) is 10.7. The predicted octanol–water partition coefficient (Wildman–Crippen LogP) is 2.43. The van der Waals surface area contributed by atoms with Crippen molar-refractivity contribution in [2.75, 3.05) is 11.4 Å². The van der Waals surface area contributed by atoms with E-state index in [2.05, 4.69) is 0 Å². The molecule has 1 amide bonds. The molecule has 2 rings (SSSR count). The molecule has 1 aromatic carbocycles. The van der Waals surface area contributed by atoms with Gasteiger partial charge in [-0.2, -0.15) is 0 Å². The van der Waals surface area contributed by atoms with Crippen molar-refractivity contribution in [1.82, 2.24) is 0 Å². The van der Waals surface area contributed by atoms with Crippen LogP contribution in [-0.2, 0) is 9.59 Å². The summed E-state index contributed by atoms with van der Waals surface area (Å²) >= 11 is 0. The Morgan fingerprint density at radius 2 is 2.00 bits per heavy atom. The quantitative estimate of drug-likeness (QED) is 0.851. The molecular formula is C14H16FNO3. The van der Waals surface area contributed by atoms with E-state index in [0.717, 1.165) is 0 Å². The van der Waals surface area contributed by atoms with Gasteiger partial charge in [-0.15, -0.1) is 0 Å². The molecule has 5 heteroatoms. The fraction of sp³-hybridized carbons (Fsp3) is 0.429. The summed E-state index contributed by atoms with van der Waals surface area (Å²) in [6, 6.07) is 5.92. The van der Waals surface area contributed by atoms with Crippen molar-refractivity contribution < 1.29 is 19.1 Å². The van der Waals surface area contributed by atoms with E-state index in [0.29, 0.717) is 19.3 Å². The Morgan fingerprint density at radius 3 is 2.42 bits per heavy atom. The molecule has 19 heavy (non-hydrogen) atoms. The number of halogens is 1. The molecule has 1 aromatic rings. The third kappa shape index (κ3) is 2.09. The molecule has 0 spiro atoms. The number of aliphatic carboxylic acids is 1. The van der Waals surface area contributed by atoms with E-state index in [1.165, 1.54) is 23.1 Å². The van der Waals surface area contributed by atoms with Gasteiger partial charge in [0.15, 0.2) is 0 Å². The van der Waals surface area contributed by atoms with Gasteiger partial charge in [-0.3, -0.25) is 9.59 Å². The second-order valence-electron chi connectivity index (χ2n) is 4.74. The van der Waals surface area contributed by atoms with Crippen molar-refractivity contribution in [3.05, 3.63) is 30.1 Å². The maximum absolute atomic E-state index is 13.8. The Bertz CT molecular complexity index is 511. The van der Waals surface area contributed by atoms with Crippen LogP contribution in [0.5, 0.6) is 0 Å². The molecular weight excluding hydrogens is 249 g/mol. The van der Waals surface area contributed by atoms with Gasteiger partial charge in [-0.1, -0.05) is 18.6 Å². The standard InChI is InChI=1S/C14H16FNO3/c1-2-16(11-7-4-3-6-10(11)15)12(17)14(13(18)19)8-5-9-14/h3-4,6-7H,2,5,8-9H2,1H3,(H,18,19). The number of benzene rings is 1. The summed E-state index contributed by atoms with van der Waals surface area (Å²) in [7, 11) is 0. The van der Waals surface area contributed by atoms with Gasteiger partial charge >= 0.3 is 5.97 Å². The minimum Gasteiger partial charge on any atom is -0.480 e. The van der Waals surface area contributed by atoms with Crippen molar-refractivity contribution >= 4 is 17.6 Å². The fourth-order valence-electron chi connectivity index (χ4n) is 2.40. The van der Waals surface area contributed by atoms with Crippen LogP contribution in [0.25, 0.3) is 0 Å². The Labute approximate surface area is 110 Å². The lowest BCUT2D eigenvalue weighted by atomic mass is 9.67. The molecule has 1 aliphatic rings. The lowest BCUT2D eigenvalue weighted by Crippen LogP contribution is -2.53. The SMILES string of the molecule is CCN(C(=O)C1(C(=O)O)CCC1)c1ccccc1F. The number of nitrogens with zero attached hydrogens (tertiary/aromatic N) is 1. The molecule has 0 bridgehead atoms. The molecule has 0 saturated heterocycles. The van der Waals surface area contributed by atoms with Crippen LogP contribution in [0.1, 0.15) is 26.2 Å². The van der Waals surface area contributed by atoms with Crippen molar-refractivity contribution in [1.29, 1.82) is 0 Å². The highest BCUT2D eigenvalue weighted by Crippen LogP contribution is 2.43. The number of hydrogen-bond acceptors (Lipinski definition) is 2. The number of hydrogen-bond donors (Lipinski definition) is 1. The molecule has 102 valence electrons. The van der Waals surface area contributed by atoms with Crippen LogP contribution in [0.2, 0.25) is 0 Å². The Kier molecular flexibility index (Phi) is 3.55. The number of rotatable bonds is 4. The van der Waals surface area contributed by atoms with E-state index in [4.69, 9.17) is 0 Å². The highest BCUT2D eigenvalue weighted by molar-refractivity contribution is 6.10. The average Bonchev–Trinajstić information content (AvgIpc) is 2.30. The van der Waals surface area contributed by atoms with Crippen LogP contribution in [0.4, 0.5) is 10.1 Å². The number of carboxylic acids is 1. The second kappa shape index (κ2) is 4.99. The molecule has 4 nitrogen and oxygen atoms in total. The van der Waals surface area contributed by atoms with Crippen LogP contribution >= 0.6 is 0 Å². The van der Waals surface area contributed by atoms with Crippen LogP contribution in [0.3, 0.4) is 0 Å². The molecule has 0 aromatic heterocycles. The Morgan fingerprint density at radius 1 is 1.37 bits per heavy atom. The highest BCUT2D eigenvalue weighted by atomic mass is 19.1. The minimum atomic E-state index is -1.36. The first-order valence-electron chi connectivity index (χ1n) is 6.33. The number of carboxylic acid groups (broad SMARTS) is 1. The third-order valence-corrected chi connectivity index (χ3v) is 3.73. The lowest BCUT2D eigenvalue weighted by Gasteiger charge is -2.39. The number of amides is 1. The fourth-order valence-corrected chi connectivity index (χ4v) is 2.40. The topological polar surface area (TPSA) is 57.6 Å². The van der Waals surface area contributed by atoms with E-state index in [1.807, 2.05) is 0 Å². The van der Waals surface area contributed by atoms with Crippen molar-refractivity contribution in [3.8, 4) is 0 Å². The molecule has 1 fully saturated rings. The van der Waals surface area contributed by atoms with Crippen molar-refractivity contribution in [2.45, 2.75) is 26.2 Å². The predicted molar refractivity (Wildman–Crippen MR) is 68.3 cm³/mol. The molecule has 0 atom stereocenters. The monoisotopic (exact) mass is 265 g/mol. The molecule has 0 aliphatic heterocycles. The Hall–Kier alpha value is -1.91. The van der Waals surface area contributed by atoms with Gasteiger partial charge in [0, 0.05) is 6.54 Å². The van der Waals surface area contributed by atoms with E-state index in [1.54, 1.807) is 13.0 Å². The summed E-state index contributed by atoms with van der Waals surface area (Å²) in [6.45, 7) is 1.95. The summed E-state index contributed by atoms with van der Waals surface area (Å²) in [5.74, 6) is -2.14. The maximum atomic E-state index is 13.8. The van der Waals surface area contributed by atoms with Crippen molar-refractivity contribution in [2.24, 2.45) is 5.41 Å². The number of anilines is 1. The highest BCUT2D eigenvalue weighted by Gasteiger charge is 2.53. The van der Waals surface area contributed by atoms with Gasteiger partial charge in [0.2, 0.25) is 5.91 Å². The first-order valence-corrected chi connectivity index (χ1v) is 6.33. The van der Waals surface area contributed by atoms with Crippen LogP contribution < -0.4 is 4.90 Å². The van der Waals surface area contributed by atoms with Gasteiger partial charge in [0.05, 0.1) is 5.69 Å². The largest absolute Gasteiger partial charge is 0.480 e. The van der Waals surface area contributed by atoms with Crippen LogP contribution in [0.15, 0.2) is 24.3 Å². The summed E-state index contributed by atoms with van der Waals surface area (Å²) in [5, 5.41) is 9.27. The van der Waals surface area contributed by atoms with E-state index in [-0.39, 0.29) is 12.2 Å². The number of carbonyl (C=O) groups is 2. The van der Waals surface area contributed by atoms with Gasteiger partial charge in [-0.05, 0) is 31.9 Å². The third-order valence-electron chi connectivity index (χ3n) is 3.73. The van der Waals surface area contributed by atoms with Gasteiger partial charge < -0.3 is 10.0 Å². The maximum Gasteiger partial charge on any atom is 0.319 e. The normalized spacial score (nSPS) is 16.5. The Balaban J connectivity index is 2.35. The summed E-state index contributed by atoms with van der Waals surface area (Å²) in [5.41, 5.74) is -1.22. The summed E-state index contributed by atoms with van der Waals surface area (Å²) in [4.78, 5) is 25.0. The van der Waals surface area contributed by atoms with Crippen molar-refractivity contribution in [3.63, 3.8) is 0 Å². The van der Waals surface area contributed by atoms with Gasteiger partial charge in [0.25, 0.3) is 0 Å². The minimum absolute atomic E-state index is 0.141. The zero-order valence-electron chi connectivity index (χ0n) is 10.7. The first-order chi connectivity index (χ1) is 9.03.